The lowest BCUT2D eigenvalue weighted by atomic mass is 10.1. The molecule has 0 aliphatic rings. The Morgan fingerprint density at radius 3 is 2.79 bits per heavy atom. The fourth-order valence-electron chi connectivity index (χ4n) is 3.57. The van der Waals surface area contributed by atoms with E-state index in [-0.39, 0.29) is 11.7 Å². The number of carbonyl (C=O) groups is 1. The summed E-state index contributed by atoms with van der Waals surface area (Å²) in [5, 5.41) is 15.8. The number of nitrogens with one attached hydrogen (secondary N) is 1. The third kappa shape index (κ3) is 3.84. The molecular formula is C23H22N2O3S. The molecule has 4 aromatic rings. The zero-order chi connectivity index (χ0) is 20.4. The number of rotatable bonds is 6. The van der Waals surface area contributed by atoms with E-state index in [0.29, 0.717) is 18.7 Å². The summed E-state index contributed by atoms with van der Waals surface area (Å²) in [7, 11) is 1.62. The van der Waals surface area contributed by atoms with Gasteiger partial charge in [-0.25, -0.2) is 0 Å². The smallest absolute Gasteiger partial charge is 0.254 e. The van der Waals surface area contributed by atoms with Gasteiger partial charge in [0.2, 0.25) is 0 Å². The molecule has 4 rings (SSSR count). The number of methoxy groups -OCH3 is 1. The van der Waals surface area contributed by atoms with Gasteiger partial charge in [-0.2, -0.15) is 0 Å². The number of benzene rings is 2. The van der Waals surface area contributed by atoms with Gasteiger partial charge in [0.15, 0.2) is 0 Å². The van der Waals surface area contributed by atoms with Crippen LogP contribution in [0.1, 0.15) is 26.5 Å². The van der Waals surface area contributed by atoms with Gasteiger partial charge >= 0.3 is 0 Å². The number of phenolic OH excluding ortho intramolecular Hbond substituents is 1. The molecule has 0 bridgehead atoms. The van der Waals surface area contributed by atoms with Crippen LogP contribution in [0.25, 0.3) is 10.9 Å². The van der Waals surface area contributed by atoms with Gasteiger partial charge in [-0.1, -0.05) is 18.2 Å². The quantitative estimate of drug-likeness (QED) is 0.488. The number of aromatic hydroxyl groups is 1. The van der Waals surface area contributed by atoms with Gasteiger partial charge in [0.25, 0.3) is 5.91 Å². The van der Waals surface area contributed by atoms with Crippen molar-refractivity contribution in [3.63, 3.8) is 0 Å². The monoisotopic (exact) mass is 406 g/mol. The number of thiophene rings is 1. The Hall–Kier alpha value is -3.25. The molecule has 0 aliphatic carbocycles. The van der Waals surface area contributed by atoms with Crippen molar-refractivity contribution in [2.45, 2.75) is 20.0 Å². The molecule has 148 valence electrons. The third-order valence-corrected chi connectivity index (χ3v) is 5.88. The van der Waals surface area contributed by atoms with Crippen molar-refractivity contribution in [2.24, 2.45) is 0 Å². The fraction of sp³-hybridized carbons (Fsp3) is 0.174. The van der Waals surface area contributed by atoms with Crippen LogP contribution >= 0.6 is 11.3 Å². The van der Waals surface area contributed by atoms with Crippen molar-refractivity contribution in [3.05, 3.63) is 81.7 Å². The van der Waals surface area contributed by atoms with E-state index < -0.39 is 0 Å². The number of carbonyl (C=O) groups excluding carboxylic acids is 1. The number of ether oxygens (including phenoxy) is 1. The molecule has 0 radical (unpaired) electrons. The van der Waals surface area contributed by atoms with Crippen LogP contribution in [0.5, 0.6) is 11.5 Å². The highest BCUT2D eigenvalue weighted by molar-refractivity contribution is 7.09. The lowest BCUT2D eigenvalue weighted by Crippen LogP contribution is -2.23. The van der Waals surface area contributed by atoms with Crippen LogP contribution < -0.4 is 10.1 Å². The number of aromatic nitrogens is 1. The molecule has 0 spiro atoms. The molecule has 0 atom stereocenters. The number of hydrogen-bond donors (Lipinski definition) is 2. The number of amides is 1. The van der Waals surface area contributed by atoms with Crippen LogP contribution in [0.4, 0.5) is 0 Å². The molecule has 0 saturated heterocycles. The molecule has 2 aromatic heterocycles. The lowest BCUT2D eigenvalue weighted by Gasteiger charge is -2.09. The summed E-state index contributed by atoms with van der Waals surface area (Å²) in [5.74, 6) is 0.740. The normalized spacial score (nSPS) is 11.0. The zero-order valence-corrected chi connectivity index (χ0v) is 17.1. The van der Waals surface area contributed by atoms with Crippen molar-refractivity contribution < 1.29 is 14.6 Å². The highest BCUT2D eigenvalue weighted by Gasteiger charge is 2.20. The molecule has 29 heavy (non-hydrogen) atoms. The van der Waals surface area contributed by atoms with Crippen LogP contribution in [-0.2, 0) is 13.1 Å². The second-order valence-corrected chi connectivity index (χ2v) is 7.89. The SMILES string of the molecule is COc1cccc(CNC(=O)c2c(C)n(Cc3cccs3)c3ccc(O)cc23)c1. The maximum Gasteiger partial charge on any atom is 0.254 e. The third-order valence-electron chi connectivity index (χ3n) is 5.02. The fourth-order valence-corrected chi connectivity index (χ4v) is 4.26. The first-order valence-electron chi connectivity index (χ1n) is 9.32. The van der Waals surface area contributed by atoms with Gasteiger partial charge in [-0.05, 0) is 54.3 Å². The van der Waals surface area contributed by atoms with Gasteiger partial charge in [0.1, 0.15) is 11.5 Å². The lowest BCUT2D eigenvalue weighted by molar-refractivity contribution is 0.0951. The molecule has 6 heteroatoms. The Morgan fingerprint density at radius 2 is 2.03 bits per heavy atom. The van der Waals surface area contributed by atoms with Gasteiger partial charge in [-0.15, -0.1) is 11.3 Å². The molecule has 0 fully saturated rings. The van der Waals surface area contributed by atoms with E-state index in [1.165, 1.54) is 4.88 Å². The van der Waals surface area contributed by atoms with Gasteiger partial charge in [0.05, 0.1) is 19.2 Å². The Morgan fingerprint density at radius 1 is 1.17 bits per heavy atom. The number of hydrogen-bond acceptors (Lipinski definition) is 4. The average Bonchev–Trinajstić information content (AvgIpc) is 3.33. The second kappa shape index (κ2) is 8.01. The maximum absolute atomic E-state index is 13.1. The number of nitrogens with zero attached hydrogens (tertiary/aromatic N) is 1. The summed E-state index contributed by atoms with van der Waals surface area (Å²) in [6, 6.07) is 16.9. The van der Waals surface area contributed by atoms with E-state index in [9.17, 15) is 9.90 Å². The van der Waals surface area contributed by atoms with E-state index >= 15 is 0 Å². The Bertz CT molecular complexity index is 1160. The Kier molecular flexibility index (Phi) is 5.27. The molecule has 2 aromatic carbocycles. The minimum absolute atomic E-state index is 0.146. The van der Waals surface area contributed by atoms with Crippen molar-refractivity contribution in [1.82, 2.24) is 9.88 Å². The first kappa shape index (κ1) is 19.1. The van der Waals surface area contributed by atoms with Crippen molar-refractivity contribution in [2.75, 3.05) is 7.11 Å². The van der Waals surface area contributed by atoms with Crippen molar-refractivity contribution in [3.8, 4) is 11.5 Å². The maximum atomic E-state index is 13.1. The average molecular weight is 407 g/mol. The first-order chi connectivity index (χ1) is 14.1. The van der Waals surface area contributed by atoms with Crippen LogP contribution in [0.15, 0.2) is 60.0 Å². The molecule has 0 saturated carbocycles. The molecule has 2 N–H and O–H groups in total. The summed E-state index contributed by atoms with van der Waals surface area (Å²) in [6.07, 6.45) is 0. The number of phenols is 1. The minimum atomic E-state index is -0.161. The highest BCUT2D eigenvalue weighted by atomic mass is 32.1. The van der Waals surface area contributed by atoms with Gasteiger partial charge in [-0.3, -0.25) is 4.79 Å². The topological polar surface area (TPSA) is 63.5 Å². The molecule has 0 unspecified atom stereocenters. The summed E-state index contributed by atoms with van der Waals surface area (Å²) in [5.41, 5.74) is 3.36. The van der Waals surface area contributed by atoms with E-state index in [2.05, 4.69) is 16.0 Å². The summed E-state index contributed by atoms with van der Waals surface area (Å²) in [6.45, 7) is 3.03. The predicted octanol–water partition coefficient (Wildman–Crippen LogP) is 4.70. The Balaban J connectivity index is 1.67. The minimum Gasteiger partial charge on any atom is -0.508 e. The zero-order valence-electron chi connectivity index (χ0n) is 16.3. The standard InChI is InChI=1S/C23H22N2O3S/c1-15-22(23(27)24-13-16-5-3-6-18(11-16)28-2)20-12-17(26)8-9-21(20)25(15)14-19-7-4-10-29-19/h3-12,26H,13-14H2,1-2H3,(H,24,27). The second-order valence-electron chi connectivity index (χ2n) is 6.86. The molecular weight excluding hydrogens is 384 g/mol. The van der Waals surface area contributed by atoms with E-state index in [1.54, 1.807) is 30.6 Å². The molecule has 1 amide bonds. The van der Waals surface area contributed by atoms with E-state index in [0.717, 1.165) is 27.9 Å². The first-order valence-corrected chi connectivity index (χ1v) is 10.2. The Labute approximate surface area is 173 Å². The highest BCUT2D eigenvalue weighted by Crippen LogP contribution is 2.30. The van der Waals surface area contributed by atoms with Crippen LogP contribution in [0, 0.1) is 6.92 Å². The number of fused-ring (bicyclic) bond motifs is 1. The molecule has 5 nitrogen and oxygen atoms in total. The van der Waals surface area contributed by atoms with Gasteiger partial charge in [0, 0.05) is 28.0 Å². The summed E-state index contributed by atoms with van der Waals surface area (Å²) in [4.78, 5) is 14.3. The van der Waals surface area contributed by atoms with Crippen LogP contribution in [-0.4, -0.2) is 22.7 Å². The molecule has 0 aliphatic heterocycles. The van der Waals surface area contributed by atoms with Crippen LogP contribution in [0.2, 0.25) is 0 Å². The largest absolute Gasteiger partial charge is 0.508 e. The van der Waals surface area contributed by atoms with Gasteiger partial charge < -0.3 is 19.7 Å². The van der Waals surface area contributed by atoms with Crippen LogP contribution in [0.3, 0.4) is 0 Å². The summed E-state index contributed by atoms with van der Waals surface area (Å²) < 4.78 is 7.37. The van der Waals surface area contributed by atoms with E-state index in [1.807, 2.05) is 48.7 Å². The van der Waals surface area contributed by atoms with Crippen molar-refractivity contribution >= 4 is 28.1 Å². The van der Waals surface area contributed by atoms with Crippen molar-refractivity contribution in [1.29, 1.82) is 0 Å². The predicted molar refractivity (Wildman–Crippen MR) is 116 cm³/mol. The van der Waals surface area contributed by atoms with E-state index in [4.69, 9.17) is 4.74 Å². The summed E-state index contributed by atoms with van der Waals surface area (Å²) >= 11 is 1.68. The molecule has 2 heterocycles.